The van der Waals surface area contributed by atoms with Gasteiger partial charge >= 0.3 is 6.09 Å². The van der Waals surface area contributed by atoms with Gasteiger partial charge in [-0.05, 0) is 26.3 Å². The Morgan fingerprint density at radius 1 is 1.26 bits per heavy atom. The van der Waals surface area contributed by atoms with Crippen LogP contribution in [0.1, 0.15) is 26.3 Å². The lowest BCUT2D eigenvalue weighted by Crippen LogP contribution is -2.46. The van der Waals surface area contributed by atoms with Crippen molar-refractivity contribution in [1.29, 1.82) is 0 Å². The summed E-state index contributed by atoms with van der Waals surface area (Å²) < 4.78 is 17.0. The van der Waals surface area contributed by atoms with Gasteiger partial charge in [0.2, 0.25) is 0 Å². The second kappa shape index (κ2) is 5.94. The van der Waals surface area contributed by atoms with Crippen molar-refractivity contribution in [3.8, 4) is 0 Å². The van der Waals surface area contributed by atoms with Crippen molar-refractivity contribution in [3.63, 3.8) is 0 Å². The van der Waals surface area contributed by atoms with E-state index in [1.165, 1.54) is 4.90 Å². The highest BCUT2D eigenvalue weighted by atomic mass is 16.8. The normalized spacial score (nSPS) is 31.7. The summed E-state index contributed by atoms with van der Waals surface area (Å²) in [4.78, 5) is 25.4. The van der Waals surface area contributed by atoms with Gasteiger partial charge in [-0.2, -0.15) is 0 Å². The number of hydrogen-bond acceptors (Lipinski definition) is 5. The largest absolute Gasteiger partial charge is 0.445 e. The Morgan fingerprint density at radius 3 is 2.57 bits per heavy atom. The van der Waals surface area contributed by atoms with Crippen LogP contribution in [-0.2, 0) is 25.6 Å². The van der Waals surface area contributed by atoms with Crippen LogP contribution in [0.2, 0.25) is 0 Å². The zero-order valence-corrected chi connectivity index (χ0v) is 13.5. The van der Waals surface area contributed by atoms with Gasteiger partial charge < -0.3 is 19.0 Å². The van der Waals surface area contributed by atoms with Crippen molar-refractivity contribution in [2.45, 2.75) is 57.5 Å². The number of hydrogen-bond donors (Lipinski definition) is 0. The highest BCUT2D eigenvalue weighted by Gasteiger charge is 2.58. The molecule has 6 heteroatoms. The zero-order valence-electron chi connectivity index (χ0n) is 13.5. The van der Waals surface area contributed by atoms with Gasteiger partial charge in [-0.1, -0.05) is 30.3 Å². The fraction of sp³-hybridized carbons (Fsp3) is 0.529. The lowest BCUT2D eigenvalue weighted by atomic mass is 10.1. The summed E-state index contributed by atoms with van der Waals surface area (Å²) in [6, 6.07) is 8.42. The van der Waals surface area contributed by atoms with E-state index in [9.17, 15) is 9.59 Å². The minimum atomic E-state index is -0.745. The van der Waals surface area contributed by atoms with Crippen molar-refractivity contribution < 1.29 is 23.8 Å². The topological polar surface area (TPSA) is 65.1 Å². The van der Waals surface area contributed by atoms with E-state index in [4.69, 9.17) is 14.2 Å². The van der Waals surface area contributed by atoms with Crippen LogP contribution < -0.4 is 0 Å². The molecule has 1 aromatic carbocycles. The molecule has 4 atom stereocenters. The summed E-state index contributed by atoms with van der Waals surface area (Å²) in [5.74, 6) is -0.745. The highest BCUT2D eigenvalue weighted by molar-refractivity contribution is 5.75. The van der Waals surface area contributed by atoms with E-state index in [1.807, 2.05) is 37.3 Å². The number of nitrogens with zero attached hydrogens (tertiary/aromatic N) is 1. The number of ether oxygens (including phenoxy) is 3. The molecule has 1 amide bonds. The molecule has 124 valence electrons. The first kappa shape index (κ1) is 16.0. The fourth-order valence-electron chi connectivity index (χ4n) is 3.27. The fourth-order valence-corrected chi connectivity index (χ4v) is 3.27. The molecule has 2 saturated heterocycles. The van der Waals surface area contributed by atoms with Gasteiger partial charge in [0.15, 0.2) is 5.79 Å². The van der Waals surface area contributed by atoms with E-state index in [2.05, 4.69) is 0 Å². The number of benzene rings is 1. The molecule has 1 aromatic rings. The molecule has 0 radical (unpaired) electrons. The second-order valence-electron chi connectivity index (χ2n) is 6.38. The minimum Gasteiger partial charge on any atom is -0.445 e. The summed E-state index contributed by atoms with van der Waals surface area (Å²) in [7, 11) is 0. The first-order valence-corrected chi connectivity index (χ1v) is 7.73. The Morgan fingerprint density at radius 2 is 1.91 bits per heavy atom. The maximum absolute atomic E-state index is 12.4. The van der Waals surface area contributed by atoms with Crippen LogP contribution in [0.5, 0.6) is 0 Å². The van der Waals surface area contributed by atoms with Gasteiger partial charge in [0.25, 0.3) is 0 Å². The average Bonchev–Trinajstić information content (AvgIpc) is 2.97. The summed E-state index contributed by atoms with van der Waals surface area (Å²) in [6.45, 7) is 5.61. The lowest BCUT2D eigenvalue weighted by Gasteiger charge is -2.29. The molecule has 0 N–H and O–H groups in total. The van der Waals surface area contributed by atoms with Gasteiger partial charge in [-0.15, -0.1) is 0 Å². The first-order chi connectivity index (χ1) is 10.9. The predicted molar refractivity (Wildman–Crippen MR) is 81.6 cm³/mol. The molecular weight excluding hydrogens is 298 g/mol. The summed E-state index contributed by atoms with van der Waals surface area (Å²) in [5.41, 5.74) is 0.893. The van der Waals surface area contributed by atoms with Crippen LogP contribution in [0.4, 0.5) is 4.79 Å². The van der Waals surface area contributed by atoms with Crippen LogP contribution in [0.15, 0.2) is 30.3 Å². The van der Waals surface area contributed by atoms with Crippen LogP contribution >= 0.6 is 0 Å². The number of rotatable bonds is 3. The molecule has 2 fully saturated rings. The third-order valence-corrected chi connectivity index (χ3v) is 4.29. The molecule has 0 aliphatic carbocycles. The molecule has 2 aliphatic heterocycles. The van der Waals surface area contributed by atoms with Crippen molar-refractivity contribution in [2.75, 3.05) is 0 Å². The van der Waals surface area contributed by atoms with Crippen molar-refractivity contribution in [1.82, 2.24) is 4.90 Å². The zero-order chi connectivity index (χ0) is 16.6. The van der Waals surface area contributed by atoms with Gasteiger partial charge in [0.1, 0.15) is 31.1 Å². The van der Waals surface area contributed by atoms with E-state index in [0.717, 1.165) is 11.8 Å². The van der Waals surface area contributed by atoms with E-state index in [0.29, 0.717) is 0 Å². The Kier molecular flexibility index (Phi) is 4.12. The molecule has 0 unspecified atom stereocenters. The molecule has 0 bridgehead atoms. The first-order valence-electron chi connectivity index (χ1n) is 7.73. The minimum absolute atomic E-state index is 0.164. The summed E-state index contributed by atoms with van der Waals surface area (Å²) in [5, 5.41) is 0. The Balaban J connectivity index is 1.70. The molecule has 0 spiro atoms. The van der Waals surface area contributed by atoms with Crippen LogP contribution in [0.25, 0.3) is 0 Å². The van der Waals surface area contributed by atoms with E-state index >= 15 is 0 Å². The molecule has 0 aromatic heterocycles. The van der Waals surface area contributed by atoms with Crippen molar-refractivity contribution in [3.05, 3.63) is 35.9 Å². The monoisotopic (exact) mass is 319 g/mol. The number of likely N-dealkylation sites (tertiary alicyclic amines) is 1. The number of carbonyl (C=O) groups excluding carboxylic acids is 2. The van der Waals surface area contributed by atoms with Crippen LogP contribution in [0.3, 0.4) is 0 Å². The molecular formula is C17H21NO5. The quantitative estimate of drug-likeness (QED) is 0.799. The van der Waals surface area contributed by atoms with Crippen LogP contribution in [0, 0.1) is 0 Å². The van der Waals surface area contributed by atoms with Crippen molar-refractivity contribution in [2.24, 2.45) is 0 Å². The van der Waals surface area contributed by atoms with Gasteiger partial charge in [-0.3, -0.25) is 4.90 Å². The summed E-state index contributed by atoms with van der Waals surface area (Å²) in [6.07, 6.45) is -0.584. The van der Waals surface area contributed by atoms with E-state index in [-0.39, 0.29) is 18.8 Å². The Labute approximate surface area is 135 Å². The van der Waals surface area contributed by atoms with Crippen LogP contribution in [-0.4, -0.2) is 47.4 Å². The maximum Gasteiger partial charge on any atom is 0.411 e. The number of fused-ring (bicyclic) bond motifs is 1. The van der Waals surface area contributed by atoms with Gasteiger partial charge in [0.05, 0.1) is 6.04 Å². The molecule has 6 nitrogen and oxygen atoms in total. The molecule has 2 aliphatic rings. The van der Waals surface area contributed by atoms with E-state index in [1.54, 1.807) is 13.8 Å². The molecule has 23 heavy (non-hydrogen) atoms. The van der Waals surface area contributed by atoms with Gasteiger partial charge in [0, 0.05) is 0 Å². The average molecular weight is 319 g/mol. The predicted octanol–water partition coefficient (Wildman–Crippen LogP) is 2.11. The van der Waals surface area contributed by atoms with Crippen molar-refractivity contribution >= 4 is 12.4 Å². The lowest BCUT2D eigenvalue weighted by molar-refractivity contribution is -0.165. The maximum atomic E-state index is 12.4. The number of carbonyl (C=O) groups is 2. The SMILES string of the molecule is C[C@@H]1[C@H]2OC(C)(C)O[C@H]2[C@H](C=O)N1C(=O)OCc1ccccc1. The van der Waals surface area contributed by atoms with E-state index < -0.39 is 24.0 Å². The Hall–Kier alpha value is -1.92. The van der Waals surface area contributed by atoms with Gasteiger partial charge in [-0.25, -0.2) is 4.79 Å². The summed E-state index contributed by atoms with van der Waals surface area (Å²) >= 11 is 0. The number of aldehydes is 1. The highest BCUT2D eigenvalue weighted by Crippen LogP contribution is 2.39. The molecule has 3 rings (SSSR count). The number of amides is 1. The third-order valence-electron chi connectivity index (χ3n) is 4.29. The molecule has 0 saturated carbocycles. The smallest absolute Gasteiger partial charge is 0.411 e. The Bertz CT molecular complexity index is 588. The second-order valence-corrected chi connectivity index (χ2v) is 6.38. The standard InChI is InChI=1S/C17H21NO5/c1-11-14-15(23-17(2,3)22-14)13(9-19)18(11)16(20)21-10-12-7-5-4-6-8-12/h4-9,11,13-15H,10H2,1-3H3/t11-,13+,14-,15+/m1/s1. The molecule has 2 heterocycles. The third kappa shape index (κ3) is 2.96.